The number of nitrogens with one attached hydrogen (secondary N) is 1. The van der Waals surface area contributed by atoms with E-state index in [0.717, 1.165) is 11.3 Å². The van der Waals surface area contributed by atoms with Crippen LogP contribution in [0.2, 0.25) is 0 Å². The average molecular weight is 228 g/mol. The van der Waals surface area contributed by atoms with Crippen LogP contribution in [0.25, 0.3) is 0 Å². The van der Waals surface area contributed by atoms with Crippen molar-refractivity contribution in [2.75, 3.05) is 18.6 Å². The highest BCUT2D eigenvalue weighted by molar-refractivity contribution is 7.90. The van der Waals surface area contributed by atoms with Crippen LogP contribution in [0.5, 0.6) is 0 Å². The van der Waals surface area contributed by atoms with Gasteiger partial charge in [-0.3, -0.25) is 4.98 Å². The van der Waals surface area contributed by atoms with Crippen LogP contribution in [-0.4, -0.2) is 32.0 Å². The predicted octanol–water partition coefficient (Wildman–Crippen LogP) is 0.524. The summed E-state index contributed by atoms with van der Waals surface area (Å²) >= 11 is 0. The number of sulfone groups is 1. The van der Waals surface area contributed by atoms with Crippen LogP contribution in [0.4, 0.5) is 0 Å². The molecular weight excluding hydrogens is 212 g/mol. The number of pyridine rings is 1. The Kier molecular flexibility index (Phi) is 4.23. The van der Waals surface area contributed by atoms with Gasteiger partial charge in [-0.25, -0.2) is 8.42 Å². The van der Waals surface area contributed by atoms with Gasteiger partial charge in [0.05, 0.1) is 5.75 Å². The second-order valence-corrected chi connectivity index (χ2v) is 5.81. The summed E-state index contributed by atoms with van der Waals surface area (Å²) in [5.74, 6) is 0.173. The van der Waals surface area contributed by atoms with Crippen molar-refractivity contribution in [2.24, 2.45) is 0 Å². The van der Waals surface area contributed by atoms with Crippen molar-refractivity contribution in [3.05, 3.63) is 29.6 Å². The van der Waals surface area contributed by atoms with Gasteiger partial charge in [-0.15, -0.1) is 0 Å². The van der Waals surface area contributed by atoms with E-state index in [0.29, 0.717) is 13.1 Å². The Morgan fingerprint density at radius 3 is 2.80 bits per heavy atom. The quantitative estimate of drug-likeness (QED) is 0.747. The third kappa shape index (κ3) is 4.90. The van der Waals surface area contributed by atoms with Gasteiger partial charge in [-0.05, 0) is 18.6 Å². The van der Waals surface area contributed by atoms with Gasteiger partial charge in [0.1, 0.15) is 9.84 Å². The van der Waals surface area contributed by atoms with Crippen LogP contribution in [0.15, 0.2) is 18.3 Å². The third-order valence-electron chi connectivity index (χ3n) is 2.08. The largest absolute Gasteiger partial charge is 0.312 e. The van der Waals surface area contributed by atoms with Crippen molar-refractivity contribution in [2.45, 2.75) is 13.5 Å². The molecule has 15 heavy (non-hydrogen) atoms. The molecule has 0 saturated carbocycles. The van der Waals surface area contributed by atoms with E-state index in [1.165, 1.54) is 6.26 Å². The molecular formula is C10H16N2O2S. The summed E-state index contributed by atoms with van der Waals surface area (Å²) in [6.45, 7) is 3.08. The maximum Gasteiger partial charge on any atom is 0.148 e. The van der Waals surface area contributed by atoms with Crippen LogP contribution in [0, 0.1) is 6.92 Å². The smallest absolute Gasteiger partial charge is 0.148 e. The number of nitrogens with zero attached hydrogens (tertiary/aromatic N) is 1. The fourth-order valence-corrected chi connectivity index (χ4v) is 1.70. The summed E-state index contributed by atoms with van der Waals surface area (Å²) in [6, 6.07) is 3.86. The lowest BCUT2D eigenvalue weighted by molar-refractivity contribution is 0.596. The minimum Gasteiger partial charge on any atom is -0.312 e. The number of aromatic nitrogens is 1. The number of hydrogen-bond donors (Lipinski definition) is 1. The molecule has 1 aromatic heterocycles. The monoisotopic (exact) mass is 228 g/mol. The molecule has 0 radical (unpaired) electrons. The lowest BCUT2D eigenvalue weighted by atomic mass is 10.2. The molecule has 0 aromatic carbocycles. The first kappa shape index (κ1) is 12.1. The summed E-state index contributed by atoms with van der Waals surface area (Å²) in [6.07, 6.45) is 2.99. The van der Waals surface area contributed by atoms with Crippen LogP contribution >= 0.6 is 0 Å². The normalized spacial score (nSPS) is 11.6. The summed E-state index contributed by atoms with van der Waals surface area (Å²) < 4.78 is 21.7. The minimum absolute atomic E-state index is 0.173. The van der Waals surface area contributed by atoms with E-state index >= 15 is 0 Å². The van der Waals surface area contributed by atoms with E-state index in [9.17, 15) is 8.42 Å². The molecule has 0 amide bonds. The van der Waals surface area contributed by atoms with Gasteiger partial charge >= 0.3 is 0 Å². The van der Waals surface area contributed by atoms with Crippen LogP contribution in [0.3, 0.4) is 0 Å². The maximum atomic E-state index is 10.9. The molecule has 84 valence electrons. The van der Waals surface area contributed by atoms with Crippen molar-refractivity contribution >= 4 is 9.84 Å². The molecule has 0 bridgehead atoms. The third-order valence-corrected chi connectivity index (χ3v) is 3.03. The molecule has 0 aliphatic carbocycles. The van der Waals surface area contributed by atoms with E-state index in [1.54, 1.807) is 6.20 Å². The molecule has 0 saturated heterocycles. The highest BCUT2D eigenvalue weighted by atomic mass is 32.2. The molecule has 0 aliphatic heterocycles. The Morgan fingerprint density at radius 1 is 1.47 bits per heavy atom. The minimum atomic E-state index is -2.87. The summed E-state index contributed by atoms with van der Waals surface area (Å²) in [5, 5.41) is 3.08. The number of hydrogen-bond acceptors (Lipinski definition) is 4. The van der Waals surface area contributed by atoms with Gasteiger partial charge in [-0.2, -0.15) is 0 Å². The molecule has 1 aromatic rings. The van der Waals surface area contributed by atoms with Crippen molar-refractivity contribution < 1.29 is 8.42 Å². The second kappa shape index (κ2) is 5.23. The molecule has 0 unspecified atom stereocenters. The van der Waals surface area contributed by atoms with Gasteiger partial charge in [0, 0.05) is 31.2 Å². The molecule has 0 atom stereocenters. The molecule has 1 rings (SSSR count). The topological polar surface area (TPSA) is 59.1 Å². The average Bonchev–Trinajstić information content (AvgIpc) is 2.13. The molecule has 0 spiro atoms. The number of aryl methyl sites for hydroxylation is 1. The first-order chi connectivity index (χ1) is 6.99. The molecule has 0 aliphatic rings. The Balaban J connectivity index is 2.36. The lowest BCUT2D eigenvalue weighted by Gasteiger charge is -2.05. The van der Waals surface area contributed by atoms with Crippen LogP contribution < -0.4 is 5.32 Å². The van der Waals surface area contributed by atoms with Crippen molar-refractivity contribution in [1.29, 1.82) is 0 Å². The molecule has 1 heterocycles. The Morgan fingerprint density at radius 2 is 2.20 bits per heavy atom. The van der Waals surface area contributed by atoms with E-state index < -0.39 is 9.84 Å². The van der Waals surface area contributed by atoms with Crippen molar-refractivity contribution in [1.82, 2.24) is 10.3 Å². The molecule has 5 heteroatoms. The molecule has 0 fully saturated rings. The Hall–Kier alpha value is -0.940. The highest BCUT2D eigenvalue weighted by Crippen LogP contribution is 2.02. The highest BCUT2D eigenvalue weighted by Gasteiger charge is 2.01. The first-order valence-electron chi connectivity index (χ1n) is 4.78. The SMILES string of the molecule is Cc1ncccc1CNCCS(C)(=O)=O. The summed E-state index contributed by atoms with van der Waals surface area (Å²) in [4.78, 5) is 4.15. The van der Waals surface area contributed by atoms with Gasteiger partial charge in [0.15, 0.2) is 0 Å². The van der Waals surface area contributed by atoms with Crippen molar-refractivity contribution in [3.8, 4) is 0 Å². The predicted molar refractivity (Wildman–Crippen MR) is 60.4 cm³/mol. The summed E-state index contributed by atoms with van der Waals surface area (Å²) in [5.41, 5.74) is 2.08. The zero-order valence-corrected chi connectivity index (χ0v) is 9.84. The van der Waals surface area contributed by atoms with E-state index in [4.69, 9.17) is 0 Å². The maximum absolute atomic E-state index is 10.9. The van der Waals surface area contributed by atoms with E-state index in [-0.39, 0.29) is 5.75 Å². The van der Waals surface area contributed by atoms with E-state index in [1.807, 2.05) is 19.1 Å². The fraction of sp³-hybridized carbons (Fsp3) is 0.500. The zero-order chi connectivity index (χ0) is 11.3. The molecule has 4 nitrogen and oxygen atoms in total. The second-order valence-electron chi connectivity index (χ2n) is 3.55. The molecule has 1 N–H and O–H groups in total. The van der Waals surface area contributed by atoms with Crippen molar-refractivity contribution in [3.63, 3.8) is 0 Å². The lowest BCUT2D eigenvalue weighted by Crippen LogP contribution is -2.22. The van der Waals surface area contributed by atoms with Gasteiger partial charge < -0.3 is 5.32 Å². The Labute approximate surface area is 90.7 Å². The number of rotatable bonds is 5. The zero-order valence-electron chi connectivity index (χ0n) is 9.03. The standard InChI is InChI=1S/C10H16N2O2S/c1-9-10(4-3-5-12-9)8-11-6-7-15(2,13)14/h3-5,11H,6-8H2,1-2H3. The van der Waals surface area contributed by atoms with Crippen LogP contribution in [0.1, 0.15) is 11.3 Å². The van der Waals surface area contributed by atoms with E-state index in [2.05, 4.69) is 10.3 Å². The van der Waals surface area contributed by atoms with Gasteiger partial charge in [0.25, 0.3) is 0 Å². The summed E-state index contributed by atoms with van der Waals surface area (Å²) in [7, 11) is -2.87. The van der Waals surface area contributed by atoms with Gasteiger partial charge in [-0.1, -0.05) is 6.07 Å². The van der Waals surface area contributed by atoms with Crippen LogP contribution in [-0.2, 0) is 16.4 Å². The van der Waals surface area contributed by atoms with Gasteiger partial charge in [0.2, 0.25) is 0 Å². The first-order valence-corrected chi connectivity index (χ1v) is 6.84. The Bertz CT molecular complexity index is 415. The fourth-order valence-electron chi connectivity index (χ4n) is 1.18.